The first-order valence-electron chi connectivity index (χ1n) is 6.77. The molecule has 4 bridgehead atoms. The van der Waals surface area contributed by atoms with E-state index in [-0.39, 0.29) is 11.5 Å². The molecular weight excluding hydrogens is 214 g/mol. The molecular formula is C13H19N3O. The second-order valence-corrected chi connectivity index (χ2v) is 6.54. The van der Waals surface area contributed by atoms with Crippen LogP contribution in [0.15, 0.2) is 10.9 Å². The van der Waals surface area contributed by atoms with Crippen molar-refractivity contribution >= 4 is 0 Å². The van der Waals surface area contributed by atoms with Gasteiger partial charge in [0.1, 0.15) is 0 Å². The number of rotatable bonds is 2. The van der Waals surface area contributed by atoms with Crippen LogP contribution in [-0.2, 0) is 0 Å². The summed E-state index contributed by atoms with van der Waals surface area (Å²) in [5, 5.41) is 3.70. The van der Waals surface area contributed by atoms with Gasteiger partial charge in [0.05, 0.1) is 6.04 Å². The zero-order valence-electron chi connectivity index (χ0n) is 10.0. The summed E-state index contributed by atoms with van der Waals surface area (Å²) in [5.74, 6) is 3.38. The standard InChI is InChI=1S/C13H19N3O/c14-11(12-15-7-16-17-12)13-4-8-1-9(5-13)3-10(2-8)6-13/h7-11H,1-6,14H2. The summed E-state index contributed by atoms with van der Waals surface area (Å²) in [6.45, 7) is 0. The number of hydrogen-bond acceptors (Lipinski definition) is 4. The maximum Gasteiger partial charge on any atom is 0.243 e. The average Bonchev–Trinajstić information content (AvgIpc) is 2.79. The highest BCUT2D eigenvalue weighted by molar-refractivity contribution is 5.08. The third-order valence-electron chi connectivity index (χ3n) is 5.39. The van der Waals surface area contributed by atoms with Crippen molar-refractivity contribution in [3.63, 3.8) is 0 Å². The second-order valence-electron chi connectivity index (χ2n) is 6.54. The van der Waals surface area contributed by atoms with Crippen LogP contribution in [0.4, 0.5) is 0 Å². The van der Waals surface area contributed by atoms with E-state index in [1.807, 2.05) is 0 Å². The molecule has 2 N–H and O–H groups in total. The molecule has 0 aliphatic heterocycles. The van der Waals surface area contributed by atoms with Crippen molar-refractivity contribution in [2.45, 2.75) is 44.6 Å². The number of nitrogens with two attached hydrogens (primary N) is 1. The SMILES string of the molecule is NC(c1ncno1)C12CC3CC(CC(C3)C1)C2. The number of nitrogens with zero attached hydrogens (tertiary/aromatic N) is 2. The summed E-state index contributed by atoms with van der Waals surface area (Å²) < 4.78 is 5.20. The van der Waals surface area contributed by atoms with Crippen LogP contribution in [-0.4, -0.2) is 10.1 Å². The van der Waals surface area contributed by atoms with E-state index in [0.717, 1.165) is 17.8 Å². The van der Waals surface area contributed by atoms with Crippen LogP contribution in [0.5, 0.6) is 0 Å². The number of hydrogen-bond donors (Lipinski definition) is 1. The first-order chi connectivity index (χ1) is 8.25. The van der Waals surface area contributed by atoms with Crippen LogP contribution in [0.25, 0.3) is 0 Å². The molecule has 4 saturated carbocycles. The van der Waals surface area contributed by atoms with E-state index >= 15 is 0 Å². The van der Waals surface area contributed by atoms with Crippen LogP contribution in [0.1, 0.15) is 50.5 Å². The van der Waals surface area contributed by atoms with Crippen molar-refractivity contribution < 1.29 is 4.52 Å². The first-order valence-corrected chi connectivity index (χ1v) is 6.77. The predicted octanol–water partition coefficient (Wildman–Crippen LogP) is 2.29. The summed E-state index contributed by atoms with van der Waals surface area (Å²) >= 11 is 0. The van der Waals surface area contributed by atoms with Gasteiger partial charge in [-0.3, -0.25) is 0 Å². The lowest BCUT2D eigenvalue weighted by atomic mass is 9.48. The van der Waals surface area contributed by atoms with Gasteiger partial charge < -0.3 is 10.3 Å². The molecule has 5 rings (SSSR count). The van der Waals surface area contributed by atoms with E-state index in [1.54, 1.807) is 0 Å². The molecule has 0 saturated heterocycles. The Balaban J connectivity index is 1.68. The molecule has 0 radical (unpaired) electrons. The molecule has 1 atom stereocenters. The van der Waals surface area contributed by atoms with Crippen molar-refractivity contribution in [1.29, 1.82) is 0 Å². The lowest BCUT2D eigenvalue weighted by Crippen LogP contribution is -2.50. The van der Waals surface area contributed by atoms with Crippen molar-refractivity contribution in [3.8, 4) is 0 Å². The molecule has 1 unspecified atom stereocenters. The molecule has 4 nitrogen and oxygen atoms in total. The van der Waals surface area contributed by atoms with Crippen molar-refractivity contribution in [1.82, 2.24) is 10.1 Å². The third-order valence-corrected chi connectivity index (χ3v) is 5.39. The monoisotopic (exact) mass is 233 g/mol. The van der Waals surface area contributed by atoms with Crippen LogP contribution in [0.2, 0.25) is 0 Å². The summed E-state index contributed by atoms with van der Waals surface area (Å²) in [5.41, 5.74) is 6.71. The molecule has 1 aromatic heterocycles. The molecule has 4 heteroatoms. The molecule has 1 aromatic rings. The smallest absolute Gasteiger partial charge is 0.243 e. The normalized spacial score (nSPS) is 45.1. The van der Waals surface area contributed by atoms with Crippen LogP contribution >= 0.6 is 0 Å². The van der Waals surface area contributed by atoms with Crippen molar-refractivity contribution in [2.75, 3.05) is 0 Å². The fraction of sp³-hybridized carbons (Fsp3) is 0.846. The van der Waals surface area contributed by atoms with Gasteiger partial charge in [-0.25, -0.2) is 0 Å². The topological polar surface area (TPSA) is 64.9 Å². The largest absolute Gasteiger partial charge is 0.338 e. The second kappa shape index (κ2) is 3.31. The van der Waals surface area contributed by atoms with E-state index in [2.05, 4.69) is 10.1 Å². The molecule has 4 fully saturated rings. The van der Waals surface area contributed by atoms with E-state index < -0.39 is 0 Å². The van der Waals surface area contributed by atoms with Crippen LogP contribution in [0.3, 0.4) is 0 Å². The predicted molar refractivity (Wildman–Crippen MR) is 61.8 cm³/mol. The van der Waals surface area contributed by atoms with Gasteiger partial charge in [-0.15, -0.1) is 0 Å². The van der Waals surface area contributed by atoms with Crippen LogP contribution < -0.4 is 5.73 Å². The highest BCUT2D eigenvalue weighted by Gasteiger charge is 2.54. The van der Waals surface area contributed by atoms with Gasteiger partial charge >= 0.3 is 0 Å². The Morgan fingerprint density at radius 3 is 2.24 bits per heavy atom. The highest BCUT2D eigenvalue weighted by atomic mass is 16.5. The maximum atomic E-state index is 6.44. The highest BCUT2D eigenvalue weighted by Crippen LogP contribution is 2.63. The molecule has 17 heavy (non-hydrogen) atoms. The van der Waals surface area contributed by atoms with E-state index in [0.29, 0.717) is 5.89 Å². The molecule has 1 heterocycles. The molecule has 0 spiro atoms. The minimum Gasteiger partial charge on any atom is -0.338 e. The van der Waals surface area contributed by atoms with Gasteiger partial charge in [-0.2, -0.15) is 4.98 Å². The Bertz CT molecular complexity index is 379. The van der Waals surface area contributed by atoms with E-state index in [1.165, 1.54) is 44.9 Å². The van der Waals surface area contributed by atoms with Gasteiger partial charge in [-0.1, -0.05) is 5.16 Å². The average molecular weight is 233 g/mol. The molecule has 4 aliphatic carbocycles. The Kier molecular flexibility index (Phi) is 1.96. The van der Waals surface area contributed by atoms with E-state index in [4.69, 9.17) is 10.3 Å². The minimum absolute atomic E-state index is 0.0431. The zero-order valence-corrected chi connectivity index (χ0v) is 10.0. The molecule has 0 aromatic carbocycles. The molecule has 92 valence electrons. The minimum atomic E-state index is -0.0431. The van der Waals surface area contributed by atoms with Gasteiger partial charge in [-0.05, 0) is 61.7 Å². The molecule has 0 amide bonds. The van der Waals surface area contributed by atoms with Gasteiger partial charge in [0.15, 0.2) is 6.33 Å². The fourth-order valence-electron chi connectivity index (χ4n) is 5.14. The Labute approximate surface area is 101 Å². The molecule has 4 aliphatic rings. The first kappa shape index (κ1) is 10.1. The summed E-state index contributed by atoms with van der Waals surface area (Å²) in [7, 11) is 0. The summed E-state index contributed by atoms with van der Waals surface area (Å²) in [4.78, 5) is 4.17. The maximum absolute atomic E-state index is 6.44. The van der Waals surface area contributed by atoms with Crippen molar-refractivity contribution in [2.24, 2.45) is 28.9 Å². The van der Waals surface area contributed by atoms with Gasteiger partial charge in [0.25, 0.3) is 0 Å². The summed E-state index contributed by atoms with van der Waals surface area (Å²) in [6.07, 6.45) is 9.63. The lowest BCUT2D eigenvalue weighted by Gasteiger charge is -2.58. The van der Waals surface area contributed by atoms with Crippen molar-refractivity contribution in [3.05, 3.63) is 12.2 Å². The zero-order chi connectivity index (χ0) is 11.5. The van der Waals surface area contributed by atoms with Gasteiger partial charge in [0.2, 0.25) is 5.89 Å². The number of aromatic nitrogens is 2. The Morgan fingerprint density at radius 1 is 1.18 bits per heavy atom. The third kappa shape index (κ3) is 1.39. The van der Waals surface area contributed by atoms with Gasteiger partial charge in [0, 0.05) is 0 Å². The Morgan fingerprint density at radius 2 is 1.76 bits per heavy atom. The lowest BCUT2D eigenvalue weighted by molar-refractivity contribution is -0.0724. The Hall–Kier alpha value is -0.900. The fourth-order valence-corrected chi connectivity index (χ4v) is 5.14. The van der Waals surface area contributed by atoms with Crippen LogP contribution in [0, 0.1) is 23.2 Å². The summed E-state index contributed by atoms with van der Waals surface area (Å²) in [6, 6.07) is -0.0431. The van der Waals surface area contributed by atoms with E-state index in [9.17, 15) is 0 Å². The quantitative estimate of drug-likeness (QED) is 0.851.